The molecule has 1 N–H and O–H groups in total. The fourth-order valence-electron chi connectivity index (χ4n) is 4.63. The molecule has 0 unspecified atom stereocenters. The van der Waals surface area contributed by atoms with Crippen LogP contribution in [-0.2, 0) is 17.8 Å². The number of carbonyl (C=O) groups is 1. The van der Waals surface area contributed by atoms with Gasteiger partial charge in [-0.1, -0.05) is 13.0 Å². The van der Waals surface area contributed by atoms with Crippen molar-refractivity contribution < 1.29 is 24.1 Å². The summed E-state index contributed by atoms with van der Waals surface area (Å²) < 4.78 is 17.6. The average Bonchev–Trinajstić information content (AvgIpc) is 3.30. The van der Waals surface area contributed by atoms with E-state index in [4.69, 9.17) is 14.2 Å². The van der Waals surface area contributed by atoms with E-state index in [0.717, 1.165) is 40.6 Å². The molecular weight excluding hydrogens is 446 g/mol. The van der Waals surface area contributed by atoms with E-state index in [9.17, 15) is 9.90 Å². The summed E-state index contributed by atoms with van der Waals surface area (Å²) in [5, 5.41) is 9.82. The number of aliphatic hydroxyl groups is 1. The number of hydrogen-bond donors (Lipinski definition) is 1. The van der Waals surface area contributed by atoms with Gasteiger partial charge in [0.15, 0.2) is 11.5 Å². The Kier molecular flexibility index (Phi) is 7.72. The summed E-state index contributed by atoms with van der Waals surface area (Å²) in [7, 11) is 6.04. The molecule has 4 rings (SSSR count). The van der Waals surface area contributed by atoms with Crippen molar-refractivity contribution >= 4 is 11.6 Å². The molecule has 2 aromatic rings. The minimum atomic E-state index is -0.254. The lowest BCUT2D eigenvalue weighted by atomic mass is 10.0. The normalized spacial score (nSPS) is 20.5. The minimum Gasteiger partial charge on any atom is -0.488 e. The zero-order valence-corrected chi connectivity index (χ0v) is 21.4. The highest BCUT2D eigenvalue weighted by molar-refractivity contribution is 5.80. The van der Waals surface area contributed by atoms with Gasteiger partial charge in [0.1, 0.15) is 11.9 Å². The van der Waals surface area contributed by atoms with Gasteiger partial charge in [-0.05, 0) is 49.9 Å². The molecule has 2 heterocycles. The molecule has 190 valence electrons. The van der Waals surface area contributed by atoms with E-state index in [-0.39, 0.29) is 43.8 Å². The maximum absolute atomic E-state index is 13.3. The third-order valence-corrected chi connectivity index (χ3v) is 6.80. The lowest BCUT2D eigenvalue weighted by molar-refractivity contribution is -0.134. The van der Waals surface area contributed by atoms with Gasteiger partial charge in [0.2, 0.25) is 12.7 Å². The fraction of sp³-hybridized carbons (Fsp3) is 0.519. The number of fused-ring (bicyclic) bond motifs is 2. The number of anilines is 1. The Morgan fingerprint density at radius 1 is 1.09 bits per heavy atom. The number of likely N-dealkylation sites (N-methyl/N-ethyl adjacent to an activating group) is 1. The molecule has 0 saturated carbocycles. The van der Waals surface area contributed by atoms with Crippen LogP contribution in [0.25, 0.3) is 0 Å². The second kappa shape index (κ2) is 10.7. The molecule has 0 aromatic heterocycles. The summed E-state index contributed by atoms with van der Waals surface area (Å²) in [4.78, 5) is 19.3. The molecule has 8 heteroatoms. The lowest BCUT2D eigenvalue weighted by Gasteiger charge is -2.34. The number of aliphatic hydroxyl groups excluding tert-OH is 1. The molecule has 0 radical (unpaired) electrons. The zero-order chi connectivity index (χ0) is 25.1. The summed E-state index contributed by atoms with van der Waals surface area (Å²) in [5.74, 6) is 2.37. The van der Waals surface area contributed by atoms with E-state index in [1.54, 1.807) is 4.90 Å². The Hall–Kier alpha value is -2.97. The molecule has 8 nitrogen and oxygen atoms in total. The smallest absolute Gasteiger partial charge is 0.231 e. The van der Waals surface area contributed by atoms with Crippen LogP contribution in [0.15, 0.2) is 36.4 Å². The van der Waals surface area contributed by atoms with Crippen molar-refractivity contribution in [2.75, 3.05) is 52.5 Å². The Bertz CT molecular complexity index is 1040. The molecule has 2 aliphatic rings. The first kappa shape index (κ1) is 25.1. The van der Waals surface area contributed by atoms with Gasteiger partial charge in [-0.2, -0.15) is 0 Å². The van der Waals surface area contributed by atoms with Crippen LogP contribution in [0.4, 0.5) is 5.69 Å². The predicted octanol–water partition coefficient (Wildman–Crippen LogP) is 2.76. The molecular formula is C27H37N3O5. The number of rotatable bonds is 7. The third-order valence-electron chi connectivity index (χ3n) is 6.80. The maximum atomic E-state index is 13.3. The summed E-state index contributed by atoms with van der Waals surface area (Å²) in [5.41, 5.74) is 3.02. The SMILES string of the molecule is C[C@@H]1CN([C@H](C)CO)C(=O)Cc2cc(N(C)C)ccc2O[C@@H]1CN(C)Cc1ccc2c(c1)OCO2. The van der Waals surface area contributed by atoms with E-state index in [1.165, 1.54) is 0 Å². The first-order valence-corrected chi connectivity index (χ1v) is 12.2. The van der Waals surface area contributed by atoms with E-state index in [1.807, 2.05) is 56.3 Å². The van der Waals surface area contributed by atoms with Crippen molar-refractivity contribution in [1.29, 1.82) is 0 Å². The van der Waals surface area contributed by atoms with Gasteiger partial charge in [-0.3, -0.25) is 9.69 Å². The van der Waals surface area contributed by atoms with E-state index in [0.29, 0.717) is 13.1 Å². The Balaban J connectivity index is 1.57. The van der Waals surface area contributed by atoms with Crippen LogP contribution >= 0.6 is 0 Å². The Morgan fingerprint density at radius 2 is 1.83 bits per heavy atom. The summed E-state index contributed by atoms with van der Waals surface area (Å²) in [6.07, 6.45) is 0.102. The monoisotopic (exact) mass is 483 g/mol. The first-order valence-electron chi connectivity index (χ1n) is 12.2. The van der Waals surface area contributed by atoms with Gasteiger partial charge in [0, 0.05) is 50.9 Å². The summed E-state index contributed by atoms with van der Waals surface area (Å²) >= 11 is 0. The van der Waals surface area contributed by atoms with Crippen molar-refractivity contribution in [1.82, 2.24) is 9.80 Å². The van der Waals surface area contributed by atoms with Crippen LogP contribution < -0.4 is 19.1 Å². The van der Waals surface area contributed by atoms with Crippen molar-refractivity contribution in [3.63, 3.8) is 0 Å². The van der Waals surface area contributed by atoms with Crippen molar-refractivity contribution in [2.24, 2.45) is 5.92 Å². The predicted molar refractivity (Wildman–Crippen MR) is 135 cm³/mol. The zero-order valence-electron chi connectivity index (χ0n) is 21.4. The number of nitrogens with zero attached hydrogens (tertiary/aromatic N) is 3. The lowest BCUT2D eigenvalue weighted by Crippen LogP contribution is -2.47. The molecule has 35 heavy (non-hydrogen) atoms. The average molecular weight is 484 g/mol. The van der Waals surface area contributed by atoms with E-state index >= 15 is 0 Å². The molecule has 0 saturated heterocycles. The van der Waals surface area contributed by atoms with Crippen LogP contribution in [-0.4, -0.2) is 80.6 Å². The van der Waals surface area contributed by atoms with Gasteiger partial charge >= 0.3 is 0 Å². The van der Waals surface area contributed by atoms with Gasteiger partial charge in [-0.25, -0.2) is 0 Å². The van der Waals surface area contributed by atoms with Crippen LogP contribution in [0, 0.1) is 5.92 Å². The fourth-order valence-corrected chi connectivity index (χ4v) is 4.63. The maximum Gasteiger partial charge on any atom is 0.231 e. The van der Waals surface area contributed by atoms with Crippen molar-refractivity contribution in [3.05, 3.63) is 47.5 Å². The minimum absolute atomic E-state index is 0.00789. The number of benzene rings is 2. The first-order chi connectivity index (χ1) is 16.7. The van der Waals surface area contributed by atoms with E-state index in [2.05, 4.69) is 24.9 Å². The molecule has 1 amide bonds. The van der Waals surface area contributed by atoms with E-state index < -0.39 is 0 Å². The van der Waals surface area contributed by atoms with Crippen LogP contribution in [0.1, 0.15) is 25.0 Å². The van der Waals surface area contributed by atoms with Crippen LogP contribution in [0.3, 0.4) is 0 Å². The molecule has 0 fully saturated rings. The Labute approximate surface area is 208 Å². The topological polar surface area (TPSA) is 74.7 Å². The largest absolute Gasteiger partial charge is 0.488 e. The van der Waals surface area contributed by atoms with Gasteiger partial charge < -0.3 is 29.1 Å². The summed E-state index contributed by atoms with van der Waals surface area (Å²) in [6.45, 7) is 6.13. The highest BCUT2D eigenvalue weighted by Crippen LogP contribution is 2.33. The molecule has 3 atom stereocenters. The number of hydrogen-bond acceptors (Lipinski definition) is 7. The number of ether oxygens (including phenoxy) is 3. The molecule has 2 aliphatic heterocycles. The van der Waals surface area contributed by atoms with Crippen molar-refractivity contribution in [2.45, 2.75) is 39.0 Å². The number of carbonyl (C=O) groups excluding carboxylic acids is 1. The second-order valence-corrected chi connectivity index (χ2v) is 9.96. The molecule has 2 aromatic carbocycles. The highest BCUT2D eigenvalue weighted by atomic mass is 16.7. The molecule has 0 aliphatic carbocycles. The van der Waals surface area contributed by atoms with Crippen LogP contribution in [0.2, 0.25) is 0 Å². The van der Waals surface area contributed by atoms with Gasteiger partial charge in [0.25, 0.3) is 0 Å². The van der Waals surface area contributed by atoms with Crippen LogP contribution in [0.5, 0.6) is 17.2 Å². The summed E-state index contributed by atoms with van der Waals surface area (Å²) in [6, 6.07) is 11.8. The van der Waals surface area contributed by atoms with Crippen molar-refractivity contribution in [3.8, 4) is 17.2 Å². The van der Waals surface area contributed by atoms with Gasteiger partial charge in [0.05, 0.1) is 19.1 Å². The Morgan fingerprint density at radius 3 is 2.57 bits per heavy atom. The molecule has 0 spiro atoms. The third kappa shape index (κ3) is 5.82. The highest BCUT2D eigenvalue weighted by Gasteiger charge is 2.31. The van der Waals surface area contributed by atoms with Gasteiger partial charge in [-0.15, -0.1) is 0 Å². The quantitative estimate of drug-likeness (QED) is 0.649. The molecule has 0 bridgehead atoms. The number of amides is 1. The second-order valence-electron chi connectivity index (χ2n) is 9.96. The standard InChI is InChI=1S/C27H37N3O5/c1-18-13-30(19(2)16-31)27(32)12-21-11-22(28(3)4)7-9-23(21)35-26(18)15-29(5)14-20-6-8-24-25(10-20)34-17-33-24/h6-11,18-19,26,31H,12-17H2,1-5H3/t18-,19-,26-/m1/s1.